The Morgan fingerprint density at radius 2 is 1.84 bits per heavy atom. The van der Waals surface area contributed by atoms with Crippen molar-refractivity contribution in [2.45, 2.75) is 18.9 Å². The lowest BCUT2D eigenvalue weighted by atomic mass is 10.1. The van der Waals surface area contributed by atoms with Gasteiger partial charge < -0.3 is 5.32 Å². The van der Waals surface area contributed by atoms with E-state index < -0.39 is 0 Å². The number of halogens is 3. The molecule has 19 heavy (non-hydrogen) atoms. The molecule has 1 N–H and O–H groups in total. The minimum atomic E-state index is -0.151. The predicted octanol–water partition coefficient (Wildman–Crippen LogP) is 5.45. The average Bonchev–Trinajstić information content (AvgIpc) is 2.76. The summed E-state index contributed by atoms with van der Waals surface area (Å²) < 4.78 is 15.3. The first-order valence-electron chi connectivity index (χ1n) is 6.14. The molecule has 1 unspecified atom stereocenters. The van der Waals surface area contributed by atoms with Crippen molar-refractivity contribution >= 4 is 37.5 Å². The van der Waals surface area contributed by atoms with Crippen LogP contribution in [0.2, 0.25) is 0 Å². The van der Waals surface area contributed by atoms with Crippen molar-refractivity contribution in [3.63, 3.8) is 0 Å². The first-order chi connectivity index (χ1) is 9.15. The molecule has 0 aliphatic heterocycles. The second kappa shape index (κ2) is 5.25. The van der Waals surface area contributed by atoms with Crippen LogP contribution in [0.15, 0.2) is 45.3 Å². The normalized spacial score (nSPS) is 17.3. The highest BCUT2D eigenvalue weighted by molar-refractivity contribution is 9.11. The van der Waals surface area contributed by atoms with E-state index >= 15 is 0 Å². The number of hydrogen-bond acceptors (Lipinski definition) is 1. The van der Waals surface area contributed by atoms with E-state index in [0.717, 1.165) is 33.0 Å². The maximum absolute atomic E-state index is 13.2. The van der Waals surface area contributed by atoms with E-state index in [1.165, 1.54) is 11.6 Å². The van der Waals surface area contributed by atoms with Crippen LogP contribution in [0, 0.1) is 5.82 Å². The quantitative estimate of drug-likeness (QED) is 0.725. The summed E-state index contributed by atoms with van der Waals surface area (Å²) in [6, 6.07) is 11.3. The van der Waals surface area contributed by atoms with Crippen molar-refractivity contribution in [2.75, 3.05) is 5.32 Å². The van der Waals surface area contributed by atoms with Gasteiger partial charge in [0.05, 0.1) is 11.7 Å². The number of fused-ring (bicyclic) bond motifs is 1. The van der Waals surface area contributed by atoms with Crippen LogP contribution in [0.5, 0.6) is 0 Å². The fraction of sp³-hybridized carbons (Fsp3) is 0.200. The van der Waals surface area contributed by atoms with Crippen molar-refractivity contribution in [3.05, 3.63) is 62.3 Å². The lowest BCUT2D eigenvalue weighted by Crippen LogP contribution is -2.08. The molecule has 2 aromatic rings. The van der Waals surface area contributed by atoms with E-state index in [1.54, 1.807) is 6.07 Å². The van der Waals surface area contributed by atoms with Crippen LogP contribution in [-0.2, 0) is 6.42 Å². The SMILES string of the molecule is Fc1ccc2c(c1)CCC2Nc1c(Br)cccc1Br. The van der Waals surface area contributed by atoms with Crippen molar-refractivity contribution < 1.29 is 4.39 Å². The molecule has 1 aliphatic carbocycles. The fourth-order valence-electron chi connectivity index (χ4n) is 2.55. The van der Waals surface area contributed by atoms with Gasteiger partial charge in [0.2, 0.25) is 0 Å². The Labute approximate surface area is 128 Å². The summed E-state index contributed by atoms with van der Waals surface area (Å²) in [7, 11) is 0. The Kier molecular flexibility index (Phi) is 3.63. The van der Waals surface area contributed by atoms with E-state index in [1.807, 2.05) is 24.3 Å². The van der Waals surface area contributed by atoms with Gasteiger partial charge >= 0.3 is 0 Å². The van der Waals surface area contributed by atoms with Crippen LogP contribution in [0.3, 0.4) is 0 Å². The van der Waals surface area contributed by atoms with Crippen molar-refractivity contribution in [3.8, 4) is 0 Å². The van der Waals surface area contributed by atoms with Gasteiger partial charge in [-0.3, -0.25) is 0 Å². The maximum Gasteiger partial charge on any atom is 0.123 e. The van der Waals surface area contributed by atoms with E-state index in [0.29, 0.717) is 0 Å². The minimum absolute atomic E-state index is 0.151. The molecule has 0 radical (unpaired) electrons. The maximum atomic E-state index is 13.2. The zero-order valence-corrected chi connectivity index (χ0v) is 13.3. The van der Waals surface area contributed by atoms with Crippen LogP contribution in [-0.4, -0.2) is 0 Å². The third kappa shape index (κ3) is 2.56. The summed E-state index contributed by atoms with van der Waals surface area (Å²) in [6.07, 6.45) is 1.92. The lowest BCUT2D eigenvalue weighted by molar-refractivity contribution is 0.626. The highest BCUT2D eigenvalue weighted by Gasteiger charge is 2.23. The summed E-state index contributed by atoms with van der Waals surface area (Å²) >= 11 is 7.11. The molecular weight excluding hydrogens is 373 g/mol. The molecule has 2 aromatic carbocycles. The molecule has 0 saturated heterocycles. The molecule has 3 rings (SSSR count). The molecule has 0 heterocycles. The van der Waals surface area contributed by atoms with E-state index in [-0.39, 0.29) is 11.9 Å². The van der Waals surface area contributed by atoms with Gasteiger partial charge in [-0.2, -0.15) is 0 Å². The second-order valence-corrected chi connectivity index (χ2v) is 6.38. The van der Waals surface area contributed by atoms with Gasteiger partial charge in [-0.1, -0.05) is 12.1 Å². The Bertz CT molecular complexity index is 607. The molecule has 1 nitrogen and oxygen atoms in total. The topological polar surface area (TPSA) is 12.0 Å². The summed E-state index contributed by atoms with van der Waals surface area (Å²) in [5.41, 5.74) is 3.36. The molecule has 1 atom stereocenters. The van der Waals surface area contributed by atoms with Gasteiger partial charge in [0.15, 0.2) is 0 Å². The molecule has 0 bridgehead atoms. The Balaban J connectivity index is 1.91. The number of rotatable bonds is 2. The van der Waals surface area contributed by atoms with Gasteiger partial charge in [0, 0.05) is 8.95 Å². The summed E-state index contributed by atoms with van der Waals surface area (Å²) in [4.78, 5) is 0. The molecule has 4 heteroatoms. The Hall–Kier alpha value is -0.870. The highest BCUT2D eigenvalue weighted by Crippen LogP contribution is 2.38. The van der Waals surface area contributed by atoms with Gasteiger partial charge in [0.1, 0.15) is 5.82 Å². The van der Waals surface area contributed by atoms with Crippen LogP contribution in [0.1, 0.15) is 23.6 Å². The first kappa shape index (κ1) is 13.1. The lowest BCUT2D eigenvalue weighted by Gasteiger charge is -2.18. The number of para-hydroxylation sites is 1. The number of anilines is 1. The smallest absolute Gasteiger partial charge is 0.123 e. The van der Waals surface area contributed by atoms with Crippen LogP contribution in [0.25, 0.3) is 0 Å². The van der Waals surface area contributed by atoms with Gasteiger partial charge in [-0.15, -0.1) is 0 Å². The molecule has 0 amide bonds. The van der Waals surface area contributed by atoms with Gasteiger partial charge in [-0.25, -0.2) is 4.39 Å². The molecule has 0 saturated carbocycles. The van der Waals surface area contributed by atoms with E-state index in [4.69, 9.17) is 0 Å². The molecule has 98 valence electrons. The fourth-order valence-corrected chi connectivity index (χ4v) is 3.77. The van der Waals surface area contributed by atoms with Crippen molar-refractivity contribution in [2.24, 2.45) is 0 Å². The number of nitrogens with one attached hydrogen (secondary N) is 1. The Morgan fingerprint density at radius 3 is 2.58 bits per heavy atom. The second-order valence-electron chi connectivity index (χ2n) is 4.68. The molecule has 1 aliphatic rings. The summed E-state index contributed by atoms with van der Waals surface area (Å²) in [5, 5.41) is 3.54. The molecule has 0 spiro atoms. The van der Waals surface area contributed by atoms with Crippen LogP contribution in [0.4, 0.5) is 10.1 Å². The van der Waals surface area contributed by atoms with E-state index in [9.17, 15) is 4.39 Å². The van der Waals surface area contributed by atoms with Crippen LogP contribution >= 0.6 is 31.9 Å². The first-order valence-corrected chi connectivity index (χ1v) is 7.72. The Morgan fingerprint density at radius 1 is 1.11 bits per heavy atom. The van der Waals surface area contributed by atoms with Crippen molar-refractivity contribution in [1.29, 1.82) is 0 Å². The van der Waals surface area contributed by atoms with Gasteiger partial charge in [-0.05, 0) is 80.1 Å². The minimum Gasteiger partial charge on any atom is -0.376 e. The average molecular weight is 385 g/mol. The third-order valence-corrected chi connectivity index (χ3v) is 4.79. The number of aryl methyl sites for hydroxylation is 1. The monoisotopic (exact) mass is 383 g/mol. The van der Waals surface area contributed by atoms with Crippen molar-refractivity contribution in [1.82, 2.24) is 0 Å². The zero-order chi connectivity index (χ0) is 13.4. The number of benzene rings is 2. The van der Waals surface area contributed by atoms with E-state index in [2.05, 4.69) is 37.2 Å². The zero-order valence-electron chi connectivity index (χ0n) is 10.1. The number of hydrogen-bond donors (Lipinski definition) is 1. The molecule has 0 aromatic heterocycles. The summed E-state index contributed by atoms with van der Waals surface area (Å²) in [6.45, 7) is 0. The largest absolute Gasteiger partial charge is 0.376 e. The standard InChI is InChI=1S/C15H12Br2FN/c16-12-2-1-3-13(17)15(12)19-14-7-4-9-8-10(18)5-6-11(9)14/h1-3,5-6,8,14,19H,4,7H2. The molecule has 0 fully saturated rings. The highest BCUT2D eigenvalue weighted by atomic mass is 79.9. The predicted molar refractivity (Wildman–Crippen MR) is 82.9 cm³/mol. The van der Waals surface area contributed by atoms with Gasteiger partial charge in [0.25, 0.3) is 0 Å². The summed E-state index contributed by atoms with van der Waals surface area (Å²) in [5.74, 6) is -0.151. The molecular formula is C15H12Br2FN. The third-order valence-electron chi connectivity index (χ3n) is 3.46. The van der Waals surface area contributed by atoms with Crippen LogP contribution < -0.4 is 5.32 Å².